The number of para-hydroxylation sites is 1. The van der Waals surface area contributed by atoms with Crippen LogP contribution < -0.4 is 10.3 Å². The zero-order chi connectivity index (χ0) is 22.2. The Labute approximate surface area is 199 Å². The van der Waals surface area contributed by atoms with Gasteiger partial charge in [-0.25, -0.2) is 9.78 Å². The van der Waals surface area contributed by atoms with Gasteiger partial charge in [0.1, 0.15) is 12.4 Å². The van der Waals surface area contributed by atoms with Gasteiger partial charge in [0.2, 0.25) is 0 Å². The minimum absolute atomic E-state index is 0. The van der Waals surface area contributed by atoms with E-state index >= 15 is 0 Å². The first-order chi connectivity index (χ1) is 15.0. The SMILES string of the molecule is CCO[C@@H](Cc1ccc(OCCn2c(N=[N+]=[N-])nc3ccccc3c2=O)cc1)C(=O)O.[Mg+2]. The van der Waals surface area contributed by atoms with Crippen LogP contribution in [0, 0.1) is 0 Å². The van der Waals surface area contributed by atoms with E-state index in [0.717, 1.165) is 5.56 Å². The summed E-state index contributed by atoms with van der Waals surface area (Å²) in [7, 11) is 0. The Morgan fingerprint density at radius 3 is 2.62 bits per heavy atom. The van der Waals surface area contributed by atoms with E-state index in [1.165, 1.54) is 4.57 Å². The molecule has 1 heterocycles. The molecular formula is C21H21MgN5O5+2. The quantitative estimate of drug-likeness (QED) is 0.219. The standard InChI is InChI=1S/C21H21N5O5.Mg/c1-2-30-18(20(28)29)13-14-7-9-15(10-8-14)31-12-11-26-19(27)16-5-3-4-6-17(16)23-21(26)24-25-22;/h3-10,18H,2,11-13H2,1H3,(H,28,29);/q;+2/t18-;/m0./s1. The maximum absolute atomic E-state index is 12.7. The van der Waals surface area contributed by atoms with E-state index in [2.05, 4.69) is 15.0 Å². The Kier molecular flexibility index (Phi) is 9.48. The number of benzene rings is 2. The number of azide groups is 1. The van der Waals surface area contributed by atoms with Gasteiger partial charge in [0, 0.05) is 17.9 Å². The molecule has 0 unspecified atom stereocenters. The third kappa shape index (κ3) is 6.20. The maximum Gasteiger partial charge on any atom is 2.00 e. The smallest absolute Gasteiger partial charge is 0.492 e. The van der Waals surface area contributed by atoms with Crippen molar-refractivity contribution in [1.82, 2.24) is 9.55 Å². The minimum atomic E-state index is -1.01. The van der Waals surface area contributed by atoms with Crippen molar-refractivity contribution < 1.29 is 19.4 Å². The summed E-state index contributed by atoms with van der Waals surface area (Å²) in [5.74, 6) is -0.479. The van der Waals surface area contributed by atoms with E-state index < -0.39 is 12.1 Å². The van der Waals surface area contributed by atoms with E-state index in [4.69, 9.17) is 15.0 Å². The zero-order valence-electron chi connectivity index (χ0n) is 17.5. The second-order valence-corrected chi connectivity index (χ2v) is 6.55. The fraction of sp³-hybridized carbons (Fsp3) is 0.286. The van der Waals surface area contributed by atoms with Gasteiger partial charge in [-0.1, -0.05) is 24.3 Å². The summed E-state index contributed by atoms with van der Waals surface area (Å²) in [4.78, 5) is 31.0. The number of aromatic nitrogens is 2. The average molecular weight is 448 g/mol. The molecule has 0 fully saturated rings. The number of aliphatic carboxylic acids is 1. The Morgan fingerprint density at radius 1 is 1.25 bits per heavy atom. The van der Waals surface area contributed by atoms with Gasteiger partial charge in [-0.05, 0) is 47.4 Å². The van der Waals surface area contributed by atoms with Crippen molar-refractivity contribution in [2.75, 3.05) is 13.2 Å². The molecule has 10 nitrogen and oxygen atoms in total. The monoisotopic (exact) mass is 447 g/mol. The molecular weight excluding hydrogens is 427 g/mol. The summed E-state index contributed by atoms with van der Waals surface area (Å²) >= 11 is 0. The van der Waals surface area contributed by atoms with Crippen molar-refractivity contribution in [2.45, 2.75) is 26.0 Å². The topological polar surface area (TPSA) is 139 Å². The van der Waals surface area contributed by atoms with Gasteiger partial charge in [-0.15, -0.1) is 0 Å². The fourth-order valence-electron chi connectivity index (χ4n) is 3.08. The molecule has 32 heavy (non-hydrogen) atoms. The molecule has 1 atom stereocenters. The molecule has 1 aromatic heterocycles. The molecule has 0 amide bonds. The van der Waals surface area contributed by atoms with Gasteiger partial charge in [0.15, 0.2) is 12.1 Å². The first-order valence-corrected chi connectivity index (χ1v) is 9.64. The van der Waals surface area contributed by atoms with Crippen LogP contribution in [0.25, 0.3) is 21.3 Å². The first-order valence-electron chi connectivity index (χ1n) is 9.64. The van der Waals surface area contributed by atoms with Crippen molar-refractivity contribution in [3.05, 3.63) is 74.9 Å². The number of rotatable bonds is 10. The summed E-state index contributed by atoms with van der Waals surface area (Å²) in [6, 6.07) is 13.8. The van der Waals surface area contributed by atoms with E-state index in [0.29, 0.717) is 23.3 Å². The van der Waals surface area contributed by atoms with Crippen LogP contribution in [0.3, 0.4) is 0 Å². The van der Waals surface area contributed by atoms with Crippen LogP contribution in [0.5, 0.6) is 5.75 Å². The van der Waals surface area contributed by atoms with Crippen LogP contribution in [0.15, 0.2) is 58.4 Å². The number of carbonyl (C=O) groups is 1. The van der Waals surface area contributed by atoms with Crippen molar-refractivity contribution >= 4 is 45.9 Å². The van der Waals surface area contributed by atoms with Crippen LogP contribution in [0.2, 0.25) is 0 Å². The molecule has 0 saturated heterocycles. The largest absolute Gasteiger partial charge is 2.00 e. The Hall–Kier alpha value is -3.11. The number of hydrogen-bond donors (Lipinski definition) is 1. The van der Waals surface area contributed by atoms with Crippen molar-refractivity contribution in [3.63, 3.8) is 0 Å². The van der Waals surface area contributed by atoms with E-state index in [-0.39, 0.29) is 54.1 Å². The van der Waals surface area contributed by atoms with Crippen LogP contribution >= 0.6 is 0 Å². The van der Waals surface area contributed by atoms with Gasteiger partial charge in [0.05, 0.1) is 17.4 Å². The van der Waals surface area contributed by atoms with Crippen LogP contribution in [0.1, 0.15) is 12.5 Å². The first kappa shape index (κ1) is 25.1. The summed E-state index contributed by atoms with van der Waals surface area (Å²) in [5, 5.41) is 13.1. The molecule has 2 aromatic carbocycles. The normalized spacial score (nSPS) is 11.3. The third-order valence-corrected chi connectivity index (χ3v) is 4.55. The molecule has 0 radical (unpaired) electrons. The predicted octanol–water partition coefficient (Wildman–Crippen LogP) is 3.07. The number of fused-ring (bicyclic) bond motifs is 1. The van der Waals surface area contributed by atoms with Crippen LogP contribution in [0.4, 0.5) is 5.95 Å². The average Bonchev–Trinajstić information content (AvgIpc) is 2.77. The maximum atomic E-state index is 12.7. The molecule has 0 aliphatic rings. The van der Waals surface area contributed by atoms with Gasteiger partial charge >= 0.3 is 29.0 Å². The summed E-state index contributed by atoms with van der Waals surface area (Å²) in [6.07, 6.45) is -0.653. The molecule has 160 valence electrons. The van der Waals surface area contributed by atoms with Crippen molar-refractivity contribution in [2.24, 2.45) is 5.11 Å². The Bertz CT molecular complexity index is 1180. The van der Waals surface area contributed by atoms with E-state index in [9.17, 15) is 14.7 Å². The second kappa shape index (κ2) is 12.1. The third-order valence-electron chi connectivity index (χ3n) is 4.55. The fourth-order valence-corrected chi connectivity index (χ4v) is 3.08. The molecule has 0 bridgehead atoms. The van der Waals surface area contributed by atoms with Crippen LogP contribution in [-0.2, 0) is 22.5 Å². The van der Waals surface area contributed by atoms with Crippen LogP contribution in [-0.4, -0.2) is 63.0 Å². The van der Waals surface area contributed by atoms with E-state index in [1.807, 2.05) is 0 Å². The minimum Gasteiger partial charge on any atom is -0.492 e. The molecule has 0 saturated carbocycles. The van der Waals surface area contributed by atoms with Gasteiger partial charge in [-0.3, -0.25) is 9.36 Å². The predicted molar refractivity (Wildman–Crippen MR) is 119 cm³/mol. The summed E-state index contributed by atoms with van der Waals surface area (Å²) in [6.45, 7) is 2.34. The molecule has 0 spiro atoms. The van der Waals surface area contributed by atoms with Gasteiger partial charge in [0.25, 0.3) is 5.56 Å². The van der Waals surface area contributed by atoms with Gasteiger partial charge in [-0.2, -0.15) is 0 Å². The number of carboxylic acids is 1. The second-order valence-electron chi connectivity index (χ2n) is 6.55. The summed E-state index contributed by atoms with van der Waals surface area (Å²) < 4.78 is 12.2. The molecule has 3 aromatic rings. The molecule has 0 aliphatic carbocycles. The number of nitrogens with zero attached hydrogens (tertiary/aromatic N) is 5. The molecule has 11 heteroatoms. The number of hydrogen-bond acceptors (Lipinski definition) is 6. The summed E-state index contributed by atoms with van der Waals surface area (Å²) in [5.41, 5.74) is 9.73. The zero-order valence-corrected chi connectivity index (χ0v) is 19.0. The molecule has 3 rings (SSSR count). The number of ether oxygens (including phenoxy) is 2. The van der Waals surface area contributed by atoms with Crippen molar-refractivity contribution in [3.8, 4) is 5.75 Å². The van der Waals surface area contributed by atoms with E-state index in [1.54, 1.807) is 55.5 Å². The number of carboxylic acid groups (broad SMARTS) is 1. The Morgan fingerprint density at radius 2 is 1.97 bits per heavy atom. The van der Waals surface area contributed by atoms with Crippen molar-refractivity contribution in [1.29, 1.82) is 0 Å². The van der Waals surface area contributed by atoms with Gasteiger partial charge < -0.3 is 14.6 Å². The molecule has 0 aliphatic heterocycles. The molecule has 1 N–H and O–H groups in total. The Balaban J connectivity index is 0.00000363.